The van der Waals surface area contributed by atoms with Crippen LogP contribution in [0.25, 0.3) is 0 Å². The summed E-state index contributed by atoms with van der Waals surface area (Å²) in [5, 5.41) is 4.90. The van der Waals surface area contributed by atoms with E-state index in [0.29, 0.717) is 18.2 Å². The third-order valence-electron chi connectivity index (χ3n) is 3.53. The second kappa shape index (κ2) is 6.77. The fourth-order valence-electron chi connectivity index (χ4n) is 2.41. The highest BCUT2D eigenvalue weighted by Gasteiger charge is 2.28. The first-order valence-corrected chi connectivity index (χ1v) is 9.59. The van der Waals surface area contributed by atoms with Gasteiger partial charge >= 0.3 is 0 Å². The van der Waals surface area contributed by atoms with Crippen LogP contribution in [0.4, 0.5) is 5.13 Å². The van der Waals surface area contributed by atoms with Crippen molar-refractivity contribution in [2.24, 2.45) is 0 Å². The topological polar surface area (TPSA) is 97.2 Å². The van der Waals surface area contributed by atoms with Crippen molar-refractivity contribution in [3.05, 3.63) is 24.1 Å². The highest BCUT2D eigenvalue weighted by Crippen LogP contribution is 2.19. The summed E-state index contributed by atoms with van der Waals surface area (Å²) in [4.78, 5) is 19.8. The summed E-state index contributed by atoms with van der Waals surface area (Å²) in [5.41, 5.74) is 0. The maximum absolute atomic E-state index is 12.5. The number of thiazole rings is 1. The van der Waals surface area contributed by atoms with Crippen LogP contribution in [0.1, 0.15) is 19.3 Å². The number of carbonyl (C=O) groups is 1. The molecule has 1 N–H and O–H groups in total. The molecular formula is C13H17N5O3S2. The molecule has 2 aromatic heterocycles. The van der Waals surface area contributed by atoms with E-state index in [0.717, 1.165) is 19.3 Å². The Balaban J connectivity index is 1.66. The molecule has 1 aliphatic rings. The van der Waals surface area contributed by atoms with Gasteiger partial charge in [0.2, 0.25) is 5.91 Å². The molecular weight excluding hydrogens is 338 g/mol. The molecule has 0 saturated carbocycles. The van der Waals surface area contributed by atoms with Crippen molar-refractivity contribution in [2.45, 2.75) is 30.8 Å². The first-order valence-electron chi connectivity index (χ1n) is 7.27. The smallest absolute Gasteiger partial charge is 0.262 e. The molecule has 3 heterocycles. The molecule has 1 aliphatic heterocycles. The molecule has 0 aliphatic carbocycles. The van der Waals surface area contributed by atoms with E-state index >= 15 is 0 Å². The molecule has 8 nitrogen and oxygen atoms in total. The van der Waals surface area contributed by atoms with Crippen molar-refractivity contribution < 1.29 is 13.2 Å². The molecule has 2 aromatic rings. The Morgan fingerprint density at radius 2 is 2.04 bits per heavy atom. The number of piperidine rings is 1. The van der Waals surface area contributed by atoms with Gasteiger partial charge in [-0.1, -0.05) is 6.42 Å². The Kier molecular flexibility index (Phi) is 4.74. The second-order valence-electron chi connectivity index (χ2n) is 5.23. The van der Waals surface area contributed by atoms with E-state index in [2.05, 4.69) is 15.3 Å². The zero-order valence-corrected chi connectivity index (χ0v) is 14.0. The maximum atomic E-state index is 12.5. The molecule has 1 saturated heterocycles. The summed E-state index contributed by atoms with van der Waals surface area (Å²) in [5.74, 6) is -0.278. The van der Waals surface area contributed by atoms with Crippen molar-refractivity contribution >= 4 is 32.4 Å². The van der Waals surface area contributed by atoms with E-state index in [-0.39, 0.29) is 17.5 Å². The molecule has 1 fully saturated rings. The number of hydrogen-bond donors (Lipinski definition) is 1. The maximum Gasteiger partial charge on any atom is 0.262 e. The Morgan fingerprint density at radius 3 is 2.74 bits per heavy atom. The summed E-state index contributed by atoms with van der Waals surface area (Å²) >= 11 is 1.32. The van der Waals surface area contributed by atoms with E-state index in [1.54, 1.807) is 11.6 Å². The normalized spacial score (nSPS) is 16.3. The third kappa shape index (κ3) is 3.77. The van der Waals surface area contributed by atoms with Crippen LogP contribution in [-0.4, -0.2) is 46.3 Å². The van der Waals surface area contributed by atoms with Gasteiger partial charge in [0.15, 0.2) is 10.2 Å². The molecule has 0 atom stereocenters. The molecule has 10 heteroatoms. The van der Waals surface area contributed by atoms with Crippen LogP contribution >= 0.6 is 11.3 Å². The summed E-state index contributed by atoms with van der Waals surface area (Å²) in [7, 11) is -3.57. The zero-order valence-electron chi connectivity index (χ0n) is 12.4. The van der Waals surface area contributed by atoms with Crippen LogP contribution < -0.4 is 5.32 Å². The number of amides is 1. The zero-order chi connectivity index (χ0) is 16.3. The van der Waals surface area contributed by atoms with Crippen LogP contribution in [0.15, 0.2) is 29.1 Å². The van der Waals surface area contributed by atoms with E-state index in [1.807, 2.05) is 0 Å². The number of nitrogens with zero attached hydrogens (tertiary/aromatic N) is 4. The van der Waals surface area contributed by atoms with Gasteiger partial charge in [0.1, 0.15) is 6.54 Å². The van der Waals surface area contributed by atoms with Crippen molar-refractivity contribution in [3.63, 3.8) is 0 Å². The van der Waals surface area contributed by atoms with Gasteiger partial charge in [0.25, 0.3) is 10.0 Å². The Morgan fingerprint density at radius 1 is 1.26 bits per heavy atom. The van der Waals surface area contributed by atoms with E-state index in [4.69, 9.17) is 0 Å². The van der Waals surface area contributed by atoms with E-state index < -0.39 is 10.0 Å². The van der Waals surface area contributed by atoms with Crippen LogP contribution in [0.3, 0.4) is 0 Å². The molecule has 23 heavy (non-hydrogen) atoms. The first kappa shape index (κ1) is 16.1. The molecule has 124 valence electrons. The molecule has 3 rings (SSSR count). The van der Waals surface area contributed by atoms with E-state index in [9.17, 15) is 13.2 Å². The highest BCUT2D eigenvalue weighted by atomic mass is 32.2. The van der Waals surface area contributed by atoms with Crippen molar-refractivity contribution in [2.75, 3.05) is 18.4 Å². The number of anilines is 1. The number of imidazole rings is 1. The molecule has 0 bridgehead atoms. The largest absolute Gasteiger partial charge is 0.327 e. The van der Waals surface area contributed by atoms with Crippen LogP contribution in [0.5, 0.6) is 0 Å². The lowest BCUT2D eigenvalue weighted by Gasteiger charge is -2.24. The summed E-state index contributed by atoms with van der Waals surface area (Å²) < 4.78 is 27.9. The predicted octanol–water partition coefficient (Wildman–Crippen LogP) is 1.15. The van der Waals surface area contributed by atoms with Gasteiger partial charge in [-0.3, -0.25) is 4.79 Å². The standard InChI is InChI=1S/C13H17N5O3S2/c19-11(16-13-14-4-7-22-13)8-17-9-12(15-10-17)23(20,21)18-5-2-1-3-6-18/h4,7,9-10H,1-3,5-6,8H2,(H,14,16,19). The Bertz CT molecular complexity index is 763. The highest BCUT2D eigenvalue weighted by molar-refractivity contribution is 7.89. The number of rotatable bonds is 5. The minimum Gasteiger partial charge on any atom is -0.327 e. The lowest BCUT2D eigenvalue weighted by Crippen LogP contribution is -2.35. The molecule has 0 unspecified atom stereocenters. The molecule has 0 spiro atoms. The fourth-order valence-corrected chi connectivity index (χ4v) is 4.40. The molecule has 0 aromatic carbocycles. The lowest BCUT2D eigenvalue weighted by molar-refractivity contribution is -0.116. The Labute approximate surface area is 138 Å². The third-order valence-corrected chi connectivity index (χ3v) is 6.01. The monoisotopic (exact) mass is 355 g/mol. The molecule has 1 amide bonds. The van der Waals surface area contributed by atoms with Gasteiger partial charge in [-0.15, -0.1) is 11.3 Å². The van der Waals surface area contributed by atoms with Crippen LogP contribution in [-0.2, 0) is 21.4 Å². The Hall–Kier alpha value is -1.78. The SMILES string of the molecule is O=C(Cn1cnc(S(=O)(=O)N2CCCCC2)c1)Nc1nccs1. The summed E-state index contributed by atoms with van der Waals surface area (Å²) in [6.07, 6.45) is 7.15. The van der Waals surface area contributed by atoms with Gasteiger partial charge in [-0.2, -0.15) is 4.31 Å². The van der Waals surface area contributed by atoms with Gasteiger partial charge in [0.05, 0.1) is 6.33 Å². The minimum absolute atomic E-state index is 0.0118. The number of hydrogen-bond acceptors (Lipinski definition) is 6. The quantitative estimate of drug-likeness (QED) is 0.868. The first-order chi connectivity index (χ1) is 11.1. The van der Waals surface area contributed by atoms with Gasteiger partial charge in [0, 0.05) is 30.9 Å². The van der Waals surface area contributed by atoms with Crippen LogP contribution in [0, 0.1) is 0 Å². The lowest BCUT2D eigenvalue weighted by atomic mass is 10.2. The minimum atomic E-state index is -3.57. The average Bonchev–Trinajstić information content (AvgIpc) is 3.20. The van der Waals surface area contributed by atoms with Gasteiger partial charge in [-0.25, -0.2) is 18.4 Å². The van der Waals surface area contributed by atoms with Gasteiger partial charge in [-0.05, 0) is 12.8 Å². The fraction of sp³-hybridized carbons (Fsp3) is 0.462. The summed E-state index contributed by atoms with van der Waals surface area (Å²) in [6, 6.07) is 0. The van der Waals surface area contributed by atoms with Crippen LogP contribution in [0.2, 0.25) is 0 Å². The number of nitrogens with one attached hydrogen (secondary N) is 1. The van der Waals surface area contributed by atoms with Crippen molar-refractivity contribution in [1.29, 1.82) is 0 Å². The summed E-state index contributed by atoms with van der Waals surface area (Å²) in [6.45, 7) is 1.04. The predicted molar refractivity (Wildman–Crippen MR) is 85.6 cm³/mol. The van der Waals surface area contributed by atoms with Crippen molar-refractivity contribution in [1.82, 2.24) is 18.8 Å². The average molecular weight is 355 g/mol. The number of sulfonamides is 1. The van der Waals surface area contributed by atoms with Crippen molar-refractivity contribution in [3.8, 4) is 0 Å². The second-order valence-corrected chi connectivity index (χ2v) is 8.01. The molecule has 0 radical (unpaired) electrons. The van der Waals surface area contributed by atoms with E-state index in [1.165, 1.54) is 32.7 Å². The number of carbonyl (C=O) groups excluding carboxylic acids is 1. The number of aromatic nitrogens is 3. The van der Waals surface area contributed by atoms with Gasteiger partial charge < -0.3 is 9.88 Å².